The highest BCUT2D eigenvalue weighted by atomic mass is 16.5. The summed E-state index contributed by atoms with van der Waals surface area (Å²) in [6, 6.07) is 11.2. The van der Waals surface area contributed by atoms with Gasteiger partial charge in [-0.15, -0.1) is 0 Å². The van der Waals surface area contributed by atoms with Crippen LogP contribution in [-0.4, -0.2) is 49.7 Å². The minimum atomic E-state index is -1.32. The first kappa shape index (κ1) is 25.1. The third kappa shape index (κ3) is 6.27. The smallest absolute Gasteiger partial charge is 0.260 e. The van der Waals surface area contributed by atoms with Crippen molar-refractivity contribution in [3.05, 3.63) is 58.7 Å². The average molecular weight is 465 g/mol. The second kappa shape index (κ2) is 12.1. The number of anilines is 1. The van der Waals surface area contributed by atoms with Gasteiger partial charge in [-0.25, -0.2) is 0 Å². The van der Waals surface area contributed by atoms with Gasteiger partial charge in [-0.3, -0.25) is 4.79 Å². The van der Waals surface area contributed by atoms with Crippen LogP contribution in [0.5, 0.6) is 5.75 Å². The monoisotopic (exact) mass is 464 g/mol. The van der Waals surface area contributed by atoms with E-state index in [1.165, 1.54) is 0 Å². The van der Waals surface area contributed by atoms with Crippen molar-refractivity contribution in [3.8, 4) is 11.8 Å². The van der Waals surface area contributed by atoms with Crippen molar-refractivity contribution in [1.29, 1.82) is 5.26 Å². The van der Waals surface area contributed by atoms with Gasteiger partial charge in [0.15, 0.2) is 6.61 Å². The third-order valence-electron chi connectivity index (χ3n) is 5.76. The molecule has 1 amide bonds. The zero-order chi connectivity index (χ0) is 24.5. The molecule has 1 aliphatic heterocycles. The number of hydrogen-bond acceptors (Lipinski definition) is 7. The van der Waals surface area contributed by atoms with Gasteiger partial charge in [0.25, 0.3) is 5.91 Å². The lowest BCUT2D eigenvalue weighted by atomic mass is 9.95. The molecule has 2 aromatic rings. The number of carbonyl (C=O) groups is 2. The van der Waals surface area contributed by atoms with Gasteiger partial charge >= 0.3 is 0 Å². The molecule has 8 nitrogen and oxygen atoms in total. The quantitative estimate of drug-likeness (QED) is 0.573. The van der Waals surface area contributed by atoms with E-state index < -0.39 is 12.0 Å². The summed E-state index contributed by atoms with van der Waals surface area (Å²) in [6.07, 6.45) is 2.23. The van der Waals surface area contributed by atoms with Crippen LogP contribution in [0.15, 0.2) is 36.4 Å². The van der Waals surface area contributed by atoms with Gasteiger partial charge < -0.3 is 29.6 Å². The molecule has 0 bridgehead atoms. The summed E-state index contributed by atoms with van der Waals surface area (Å²) >= 11 is 0. The van der Waals surface area contributed by atoms with E-state index in [4.69, 9.17) is 14.7 Å². The van der Waals surface area contributed by atoms with Crippen LogP contribution in [0.4, 0.5) is 5.69 Å². The minimum absolute atomic E-state index is 0.165. The molecule has 2 aromatic carbocycles. The van der Waals surface area contributed by atoms with Crippen molar-refractivity contribution in [2.75, 3.05) is 38.2 Å². The van der Waals surface area contributed by atoms with Gasteiger partial charge in [0.1, 0.15) is 5.75 Å². The predicted octanol–water partition coefficient (Wildman–Crippen LogP) is 2.21. The summed E-state index contributed by atoms with van der Waals surface area (Å²) in [5, 5.41) is 24.3. The zero-order valence-corrected chi connectivity index (χ0v) is 19.6. The summed E-state index contributed by atoms with van der Waals surface area (Å²) in [7, 11) is 0. The van der Waals surface area contributed by atoms with Crippen molar-refractivity contribution in [1.82, 2.24) is 4.90 Å². The number of carbonyl (C=O) groups excluding carboxylic acids is 2. The molecular formula is C26H30N3O5-. The van der Waals surface area contributed by atoms with Crippen LogP contribution < -0.4 is 15.2 Å². The molecule has 0 aromatic heterocycles. The lowest BCUT2D eigenvalue weighted by Crippen LogP contribution is -2.43. The van der Waals surface area contributed by atoms with E-state index in [1.807, 2.05) is 26.0 Å². The number of benzene rings is 2. The highest BCUT2D eigenvalue weighted by molar-refractivity contribution is 5.80. The van der Waals surface area contributed by atoms with Gasteiger partial charge in [0.05, 0.1) is 36.9 Å². The molecule has 3 rings (SSSR count). The Morgan fingerprint density at radius 1 is 1.21 bits per heavy atom. The number of carboxylic acids is 1. The molecule has 0 saturated carbocycles. The molecule has 1 atom stereocenters. The first-order valence-electron chi connectivity index (χ1n) is 11.6. The zero-order valence-electron chi connectivity index (χ0n) is 19.6. The normalized spacial score (nSPS) is 14.2. The number of amides is 1. The first-order chi connectivity index (χ1) is 16.5. The summed E-state index contributed by atoms with van der Waals surface area (Å²) in [4.78, 5) is 26.7. The first-order valence-corrected chi connectivity index (χ1v) is 11.6. The molecule has 34 heavy (non-hydrogen) atoms. The van der Waals surface area contributed by atoms with E-state index in [-0.39, 0.29) is 12.5 Å². The second-order valence-corrected chi connectivity index (χ2v) is 8.14. The van der Waals surface area contributed by atoms with Gasteiger partial charge in [0, 0.05) is 24.3 Å². The van der Waals surface area contributed by atoms with Crippen LogP contribution in [0.3, 0.4) is 0 Å². The van der Waals surface area contributed by atoms with Crippen LogP contribution in [-0.2, 0) is 27.2 Å². The van der Waals surface area contributed by atoms with Crippen LogP contribution in [0, 0.1) is 11.3 Å². The van der Waals surface area contributed by atoms with Crippen LogP contribution in [0.25, 0.3) is 0 Å². The largest absolute Gasteiger partial charge is 0.548 e. The molecule has 1 saturated heterocycles. The van der Waals surface area contributed by atoms with Crippen LogP contribution in [0.2, 0.25) is 0 Å². The molecule has 1 unspecified atom stereocenters. The lowest BCUT2D eigenvalue weighted by molar-refractivity contribution is -0.307. The van der Waals surface area contributed by atoms with Crippen LogP contribution >= 0.6 is 0 Å². The standard InChI is InChI=1S/C26H31N3O5/c1-3-5-20-14-18(4-2)15-22(25(20)34-17-23(30)29-10-12-33-13-11-29)24(26(31)32)28-21-8-6-19(16-27)7-9-21/h6-9,14-15,24,28H,3-5,10-13,17H2,1-2H3,(H,31,32)/p-1. The third-order valence-corrected chi connectivity index (χ3v) is 5.76. The van der Waals surface area contributed by atoms with Gasteiger partial charge in [0.2, 0.25) is 0 Å². The Balaban J connectivity index is 1.95. The number of nitriles is 1. The average Bonchev–Trinajstić information content (AvgIpc) is 2.86. The Morgan fingerprint density at radius 3 is 2.50 bits per heavy atom. The maximum Gasteiger partial charge on any atom is 0.260 e. The molecule has 0 radical (unpaired) electrons. The Kier molecular flexibility index (Phi) is 8.88. The molecule has 8 heteroatoms. The fourth-order valence-electron chi connectivity index (χ4n) is 3.94. The lowest BCUT2D eigenvalue weighted by Gasteiger charge is -2.28. The highest BCUT2D eigenvalue weighted by Gasteiger charge is 2.24. The van der Waals surface area contributed by atoms with Crippen LogP contribution in [0.1, 0.15) is 48.6 Å². The number of aryl methyl sites for hydroxylation is 2. The van der Waals surface area contributed by atoms with Crippen molar-refractivity contribution in [2.45, 2.75) is 39.2 Å². The highest BCUT2D eigenvalue weighted by Crippen LogP contribution is 2.34. The van der Waals surface area contributed by atoms with Crippen molar-refractivity contribution < 1.29 is 24.2 Å². The summed E-state index contributed by atoms with van der Waals surface area (Å²) in [5.74, 6) is -1.08. The topological polar surface area (TPSA) is 115 Å². The Morgan fingerprint density at radius 2 is 1.91 bits per heavy atom. The van der Waals surface area contributed by atoms with Crippen molar-refractivity contribution in [3.63, 3.8) is 0 Å². The molecule has 1 aliphatic rings. The maximum atomic E-state index is 12.7. The summed E-state index contributed by atoms with van der Waals surface area (Å²) in [5.41, 5.74) is 3.25. The maximum absolute atomic E-state index is 12.7. The van der Waals surface area contributed by atoms with Crippen molar-refractivity contribution in [2.24, 2.45) is 0 Å². The Bertz CT molecular complexity index is 1040. The number of nitrogens with zero attached hydrogens (tertiary/aromatic N) is 2. The number of morpholine rings is 1. The number of hydrogen-bond donors (Lipinski definition) is 1. The Labute approximate surface area is 200 Å². The fourth-order valence-corrected chi connectivity index (χ4v) is 3.94. The van der Waals surface area contributed by atoms with Gasteiger partial charge in [-0.05, 0) is 54.3 Å². The second-order valence-electron chi connectivity index (χ2n) is 8.14. The molecule has 0 spiro atoms. The van der Waals surface area contributed by atoms with E-state index in [2.05, 4.69) is 5.32 Å². The van der Waals surface area contributed by atoms with E-state index in [0.29, 0.717) is 61.7 Å². The number of carboxylic acid groups (broad SMARTS) is 1. The molecule has 1 N–H and O–H groups in total. The molecule has 0 aliphatic carbocycles. The number of nitrogens with one attached hydrogen (secondary N) is 1. The number of ether oxygens (including phenoxy) is 2. The molecule has 180 valence electrons. The Hall–Kier alpha value is -3.57. The molecule has 1 fully saturated rings. The molecule has 1 heterocycles. The number of aliphatic carboxylic acids is 1. The van der Waals surface area contributed by atoms with Gasteiger partial charge in [-0.1, -0.05) is 26.3 Å². The van der Waals surface area contributed by atoms with Gasteiger partial charge in [-0.2, -0.15) is 5.26 Å². The summed E-state index contributed by atoms with van der Waals surface area (Å²) in [6.45, 7) is 5.84. The van der Waals surface area contributed by atoms with Crippen molar-refractivity contribution >= 4 is 17.6 Å². The number of rotatable bonds is 10. The molecular weight excluding hydrogens is 434 g/mol. The minimum Gasteiger partial charge on any atom is -0.548 e. The summed E-state index contributed by atoms with van der Waals surface area (Å²) < 4.78 is 11.3. The van der Waals surface area contributed by atoms with E-state index >= 15 is 0 Å². The SMILES string of the molecule is CCCc1cc(CC)cc(C(Nc2ccc(C#N)cc2)C(=O)[O-])c1OCC(=O)N1CCOCC1. The predicted molar refractivity (Wildman–Crippen MR) is 125 cm³/mol. The van der Waals surface area contributed by atoms with E-state index in [1.54, 1.807) is 35.2 Å². The van der Waals surface area contributed by atoms with E-state index in [9.17, 15) is 14.7 Å². The van der Waals surface area contributed by atoms with E-state index in [0.717, 1.165) is 17.5 Å². The fraction of sp³-hybridized carbons (Fsp3) is 0.423.